The molecule has 0 aliphatic heterocycles. The Morgan fingerprint density at radius 1 is 0.967 bits per heavy atom. The average molecular weight is 394 g/mol. The molecule has 2 N–H and O–H groups in total. The molecule has 0 spiro atoms. The maximum Gasteiger partial charge on any atom is 0.247 e. The molecule has 0 atom stereocenters. The predicted octanol–water partition coefficient (Wildman–Crippen LogP) is 6.23. The Morgan fingerprint density at radius 2 is 1.80 bits per heavy atom. The maximum absolute atomic E-state index is 7.38. The minimum Gasteiger partial charge on any atom is -0.361 e. The molecule has 0 amide bonds. The number of aromatic nitrogens is 4. The third-order valence-electron chi connectivity index (χ3n) is 5.15. The van der Waals surface area contributed by atoms with E-state index in [4.69, 9.17) is 10.1 Å². The predicted molar refractivity (Wildman–Crippen MR) is 115 cm³/mol. The van der Waals surface area contributed by atoms with Gasteiger partial charge in [0.2, 0.25) is 5.95 Å². The van der Waals surface area contributed by atoms with E-state index >= 15 is 0 Å². The lowest BCUT2D eigenvalue weighted by Gasteiger charge is -2.11. The summed E-state index contributed by atoms with van der Waals surface area (Å²) in [7, 11) is 0. The van der Waals surface area contributed by atoms with Gasteiger partial charge in [-0.3, -0.25) is 4.98 Å². The zero-order chi connectivity index (χ0) is 20.7. The summed E-state index contributed by atoms with van der Waals surface area (Å²) < 4.78 is 5.39. The molecule has 5 aromatic rings. The maximum atomic E-state index is 7.38. The average Bonchev–Trinajstić information content (AvgIpc) is 3.36. The zero-order valence-electron chi connectivity index (χ0n) is 16.5. The van der Waals surface area contributed by atoms with E-state index in [1.807, 2.05) is 62.4 Å². The van der Waals surface area contributed by atoms with Crippen LogP contribution in [0.1, 0.15) is 11.5 Å². The van der Waals surface area contributed by atoms with Crippen molar-refractivity contribution in [2.24, 2.45) is 5.11 Å². The van der Waals surface area contributed by atoms with Crippen LogP contribution in [0.3, 0.4) is 0 Å². The summed E-state index contributed by atoms with van der Waals surface area (Å²) in [6.45, 7) is 3.82. The summed E-state index contributed by atoms with van der Waals surface area (Å²) in [5, 5.41) is 7.59. The molecule has 3 heterocycles. The van der Waals surface area contributed by atoms with Crippen LogP contribution >= 0.6 is 0 Å². The van der Waals surface area contributed by atoms with E-state index in [-0.39, 0.29) is 5.95 Å². The summed E-state index contributed by atoms with van der Waals surface area (Å²) in [5.74, 6) is 1.00. The molecule has 7 heteroatoms. The van der Waals surface area contributed by atoms with Gasteiger partial charge in [0.1, 0.15) is 5.76 Å². The van der Waals surface area contributed by atoms with Crippen molar-refractivity contribution in [1.82, 2.24) is 20.1 Å². The van der Waals surface area contributed by atoms with E-state index in [0.717, 1.165) is 56.0 Å². The van der Waals surface area contributed by atoms with Gasteiger partial charge in [-0.25, -0.2) is 10.5 Å². The van der Waals surface area contributed by atoms with Crippen molar-refractivity contribution in [3.8, 4) is 33.5 Å². The van der Waals surface area contributed by atoms with Gasteiger partial charge in [0.05, 0.1) is 22.4 Å². The number of hydrogen-bond acceptors (Lipinski definition) is 6. The van der Waals surface area contributed by atoms with Gasteiger partial charge in [0.15, 0.2) is 0 Å². The van der Waals surface area contributed by atoms with Gasteiger partial charge in [0, 0.05) is 28.5 Å². The van der Waals surface area contributed by atoms with Crippen LogP contribution in [-0.2, 0) is 0 Å². The van der Waals surface area contributed by atoms with Crippen LogP contribution in [0.25, 0.3) is 44.5 Å². The number of imidazole rings is 1. The van der Waals surface area contributed by atoms with Gasteiger partial charge in [-0.2, -0.15) is 0 Å². The van der Waals surface area contributed by atoms with Crippen molar-refractivity contribution in [2.75, 3.05) is 0 Å². The molecule has 0 saturated carbocycles. The molecule has 0 unspecified atom stereocenters. The van der Waals surface area contributed by atoms with Crippen LogP contribution in [-0.4, -0.2) is 20.1 Å². The van der Waals surface area contributed by atoms with Crippen molar-refractivity contribution >= 4 is 17.0 Å². The second kappa shape index (κ2) is 7.04. The van der Waals surface area contributed by atoms with Crippen molar-refractivity contribution in [1.29, 1.82) is 5.53 Å². The monoisotopic (exact) mass is 394 g/mol. The number of rotatable bonds is 4. The third-order valence-corrected chi connectivity index (χ3v) is 5.15. The fourth-order valence-corrected chi connectivity index (χ4v) is 3.85. The van der Waals surface area contributed by atoms with Gasteiger partial charge in [-0.1, -0.05) is 41.6 Å². The van der Waals surface area contributed by atoms with Crippen molar-refractivity contribution < 1.29 is 4.52 Å². The number of nitrogens with zero attached hydrogens (tertiary/aromatic N) is 4. The van der Waals surface area contributed by atoms with Gasteiger partial charge >= 0.3 is 0 Å². The summed E-state index contributed by atoms with van der Waals surface area (Å²) in [6, 6.07) is 18.1. The van der Waals surface area contributed by atoms with Gasteiger partial charge in [0.25, 0.3) is 0 Å². The van der Waals surface area contributed by atoms with Gasteiger partial charge < -0.3 is 9.51 Å². The lowest BCUT2D eigenvalue weighted by molar-refractivity contribution is 0.393. The first-order valence-corrected chi connectivity index (χ1v) is 9.51. The number of pyridine rings is 1. The van der Waals surface area contributed by atoms with E-state index in [9.17, 15) is 0 Å². The first-order valence-electron chi connectivity index (χ1n) is 9.51. The fraction of sp³-hybridized carbons (Fsp3) is 0.0870. The Morgan fingerprint density at radius 3 is 2.53 bits per heavy atom. The Labute approximate surface area is 172 Å². The lowest BCUT2D eigenvalue weighted by atomic mass is 9.94. The van der Waals surface area contributed by atoms with Crippen molar-refractivity contribution in [3.63, 3.8) is 0 Å². The molecule has 0 saturated heterocycles. The molecule has 0 bridgehead atoms. The number of fused-ring (bicyclic) bond motifs is 1. The molecular formula is C23H18N6O. The Bertz CT molecular complexity index is 1360. The second-order valence-electron chi connectivity index (χ2n) is 7.06. The number of hydrogen-bond donors (Lipinski definition) is 2. The molecule has 0 radical (unpaired) electrons. The molecule has 30 heavy (non-hydrogen) atoms. The van der Waals surface area contributed by atoms with Gasteiger partial charge in [-0.05, 0) is 37.6 Å². The van der Waals surface area contributed by atoms with E-state index in [1.165, 1.54) is 0 Å². The highest BCUT2D eigenvalue weighted by Crippen LogP contribution is 2.39. The van der Waals surface area contributed by atoms with Crippen molar-refractivity contribution in [3.05, 3.63) is 72.2 Å². The van der Waals surface area contributed by atoms with Crippen molar-refractivity contribution in [2.45, 2.75) is 13.8 Å². The topological polar surface area (TPSA) is 104 Å². The van der Waals surface area contributed by atoms with E-state index < -0.39 is 0 Å². The van der Waals surface area contributed by atoms with Crippen LogP contribution in [0.5, 0.6) is 0 Å². The largest absolute Gasteiger partial charge is 0.361 e. The Balaban J connectivity index is 1.84. The molecule has 7 nitrogen and oxygen atoms in total. The number of aromatic amines is 1. The van der Waals surface area contributed by atoms with E-state index in [1.54, 1.807) is 6.20 Å². The highest BCUT2D eigenvalue weighted by molar-refractivity contribution is 6.00. The van der Waals surface area contributed by atoms with E-state index in [2.05, 4.69) is 31.3 Å². The highest BCUT2D eigenvalue weighted by Gasteiger charge is 2.19. The van der Waals surface area contributed by atoms with Gasteiger partial charge in [-0.15, -0.1) is 5.11 Å². The summed E-state index contributed by atoms with van der Waals surface area (Å²) >= 11 is 0. The van der Waals surface area contributed by atoms with Crippen LogP contribution < -0.4 is 0 Å². The number of aryl methyl sites for hydroxylation is 2. The molecule has 5 rings (SSSR count). The summed E-state index contributed by atoms with van der Waals surface area (Å²) in [4.78, 5) is 12.3. The standard InChI is InChI=1S/C23H18N6O/c1-13-20(14(2)30-29-13)16-11-18(22-19(12-16)26-23(27-22)28-24)17-9-6-10-25-21(17)15-7-4-3-5-8-15/h3-12,24H,1-2H3,(H,26,27). The molecular weight excluding hydrogens is 376 g/mol. The van der Waals surface area contributed by atoms with Crippen LogP contribution in [0.15, 0.2) is 70.4 Å². The minimum atomic E-state index is 0.257. The number of benzene rings is 2. The minimum absolute atomic E-state index is 0.257. The molecule has 0 fully saturated rings. The third kappa shape index (κ3) is 2.88. The zero-order valence-corrected chi connectivity index (χ0v) is 16.5. The molecule has 2 aromatic carbocycles. The Kier molecular flexibility index (Phi) is 4.21. The highest BCUT2D eigenvalue weighted by atomic mass is 16.5. The first-order chi connectivity index (χ1) is 14.7. The molecule has 0 aliphatic carbocycles. The first kappa shape index (κ1) is 17.9. The molecule has 0 aliphatic rings. The summed E-state index contributed by atoms with van der Waals surface area (Å²) in [6.07, 6.45) is 1.79. The second-order valence-corrected chi connectivity index (χ2v) is 7.06. The molecule has 3 aromatic heterocycles. The van der Waals surface area contributed by atoms with Crippen LogP contribution in [0, 0.1) is 19.4 Å². The van der Waals surface area contributed by atoms with E-state index in [0.29, 0.717) is 0 Å². The fourth-order valence-electron chi connectivity index (χ4n) is 3.85. The lowest BCUT2D eigenvalue weighted by Crippen LogP contribution is -1.92. The van der Waals surface area contributed by atoms with Crippen LogP contribution in [0.2, 0.25) is 0 Å². The smallest absolute Gasteiger partial charge is 0.247 e. The normalized spacial score (nSPS) is 11.1. The SMILES string of the molecule is Cc1noc(C)c1-c1cc(-c2cccnc2-c2ccccc2)c2nc(N=N)[nH]c2c1. The summed E-state index contributed by atoms with van der Waals surface area (Å²) in [5.41, 5.74) is 15.4. The van der Waals surface area contributed by atoms with Crippen LogP contribution in [0.4, 0.5) is 5.95 Å². The molecule has 146 valence electrons. The number of nitrogens with one attached hydrogen (secondary N) is 2. The number of H-pyrrole nitrogens is 1. The Hall–Kier alpha value is -4.13. The quantitative estimate of drug-likeness (QED) is 0.353.